The third-order valence-electron chi connectivity index (χ3n) is 3.50. The number of hydrogen-bond acceptors (Lipinski definition) is 2. The van der Waals surface area contributed by atoms with E-state index < -0.39 is 0 Å². The van der Waals surface area contributed by atoms with Crippen molar-refractivity contribution in [3.63, 3.8) is 0 Å². The van der Waals surface area contributed by atoms with Gasteiger partial charge in [0.05, 0.1) is 5.56 Å². The summed E-state index contributed by atoms with van der Waals surface area (Å²) < 4.78 is 0. The van der Waals surface area contributed by atoms with Crippen LogP contribution in [0.1, 0.15) is 21.5 Å². The molecular formula is C17H19ClN2O. The molecule has 0 heterocycles. The summed E-state index contributed by atoms with van der Waals surface area (Å²) in [5.74, 6) is -0.0891. The van der Waals surface area contributed by atoms with E-state index >= 15 is 0 Å². The van der Waals surface area contributed by atoms with Crippen LogP contribution in [0.25, 0.3) is 0 Å². The molecule has 0 unspecified atom stereocenters. The van der Waals surface area contributed by atoms with E-state index in [1.807, 2.05) is 32.0 Å². The Morgan fingerprint density at radius 2 is 1.86 bits per heavy atom. The number of rotatable bonds is 3. The van der Waals surface area contributed by atoms with Crippen molar-refractivity contribution in [2.45, 2.75) is 13.8 Å². The van der Waals surface area contributed by atoms with Gasteiger partial charge in [-0.1, -0.05) is 29.3 Å². The fraction of sp³-hybridized carbons (Fsp3) is 0.235. The average Bonchev–Trinajstić information content (AvgIpc) is 2.45. The smallest absolute Gasteiger partial charge is 0.260 e. The minimum absolute atomic E-state index is 0.0891. The van der Waals surface area contributed by atoms with E-state index in [1.54, 1.807) is 31.1 Å². The number of halogens is 1. The lowest BCUT2D eigenvalue weighted by atomic mass is 10.1. The molecule has 1 N–H and O–H groups in total. The van der Waals surface area contributed by atoms with Gasteiger partial charge < -0.3 is 10.2 Å². The van der Waals surface area contributed by atoms with Gasteiger partial charge in [0.2, 0.25) is 0 Å². The quantitative estimate of drug-likeness (QED) is 0.918. The van der Waals surface area contributed by atoms with Crippen molar-refractivity contribution in [2.24, 2.45) is 0 Å². The van der Waals surface area contributed by atoms with Gasteiger partial charge in [-0.25, -0.2) is 0 Å². The molecule has 0 bridgehead atoms. The summed E-state index contributed by atoms with van der Waals surface area (Å²) in [5, 5.41) is 3.58. The number of carbonyl (C=O) groups is 1. The number of hydrogen-bond donors (Lipinski definition) is 1. The second kappa shape index (κ2) is 6.19. The molecule has 0 saturated carbocycles. The maximum absolute atomic E-state index is 12.7. The molecule has 0 aliphatic heterocycles. The van der Waals surface area contributed by atoms with E-state index in [0.717, 1.165) is 16.9 Å². The largest absolute Gasteiger partial charge is 0.387 e. The van der Waals surface area contributed by atoms with Crippen LogP contribution in [0.4, 0.5) is 11.4 Å². The van der Waals surface area contributed by atoms with Crippen LogP contribution >= 0.6 is 11.6 Å². The van der Waals surface area contributed by atoms with Gasteiger partial charge in [0, 0.05) is 30.5 Å². The Bertz CT molecular complexity index is 682. The summed E-state index contributed by atoms with van der Waals surface area (Å²) in [6, 6.07) is 11.3. The Balaban J connectivity index is 2.41. The third kappa shape index (κ3) is 3.19. The van der Waals surface area contributed by atoms with Crippen LogP contribution in [0.15, 0.2) is 36.4 Å². The van der Waals surface area contributed by atoms with Gasteiger partial charge >= 0.3 is 0 Å². The Hall–Kier alpha value is -2.00. The predicted molar refractivity (Wildman–Crippen MR) is 89.6 cm³/mol. The number of nitrogens with one attached hydrogen (secondary N) is 1. The fourth-order valence-electron chi connectivity index (χ4n) is 2.38. The van der Waals surface area contributed by atoms with Gasteiger partial charge in [0.15, 0.2) is 0 Å². The van der Waals surface area contributed by atoms with Gasteiger partial charge in [0.1, 0.15) is 0 Å². The Labute approximate surface area is 130 Å². The van der Waals surface area contributed by atoms with Crippen molar-refractivity contribution in [3.05, 3.63) is 58.1 Å². The first-order valence-corrected chi connectivity index (χ1v) is 7.14. The average molecular weight is 303 g/mol. The van der Waals surface area contributed by atoms with Crippen molar-refractivity contribution >= 4 is 28.9 Å². The highest BCUT2D eigenvalue weighted by molar-refractivity contribution is 6.31. The molecular weight excluding hydrogens is 284 g/mol. The zero-order valence-corrected chi connectivity index (χ0v) is 13.5. The molecule has 0 aliphatic carbocycles. The van der Waals surface area contributed by atoms with Gasteiger partial charge in [-0.2, -0.15) is 0 Å². The molecule has 0 spiro atoms. The van der Waals surface area contributed by atoms with Crippen molar-refractivity contribution in [1.29, 1.82) is 0 Å². The Kier molecular flexibility index (Phi) is 4.53. The van der Waals surface area contributed by atoms with Crippen molar-refractivity contribution in [3.8, 4) is 0 Å². The van der Waals surface area contributed by atoms with Gasteiger partial charge in [-0.05, 0) is 43.7 Å². The number of carbonyl (C=O) groups excluding carboxylic acids is 1. The third-order valence-corrected chi connectivity index (χ3v) is 3.73. The monoisotopic (exact) mass is 302 g/mol. The first-order valence-electron chi connectivity index (χ1n) is 6.76. The lowest BCUT2D eigenvalue weighted by molar-refractivity contribution is 0.0993. The predicted octanol–water partition coefficient (Wildman–Crippen LogP) is 4.28. The van der Waals surface area contributed by atoms with Crippen LogP contribution in [-0.2, 0) is 0 Å². The van der Waals surface area contributed by atoms with Crippen molar-refractivity contribution in [2.75, 3.05) is 24.3 Å². The van der Waals surface area contributed by atoms with Crippen LogP contribution in [0.5, 0.6) is 0 Å². The summed E-state index contributed by atoms with van der Waals surface area (Å²) in [7, 11) is 3.57. The number of anilines is 2. The molecule has 0 aliphatic rings. The van der Waals surface area contributed by atoms with Crippen LogP contribution in [0.2, 0.25) is 5.02 Å². The summed E-state index contributed by atoms with van der Waals surface area (Å²) in [6.45, 7) is 4.04. The topological polar surface area (TPSA) is 32.3 Å². The normalized spacial score (nSPS) is 10.3. The van der Waals surface area contributed by atoms with Gasteiger partial charge in [0.25, 0.3) is 5.91 Å². The highest BCUT2D eigenvalue weighted by Gasteiger charge is 2.18. The molecule has 110 valence electrons. The molecule has 2 rings (SSSR count). The van der Waals surface area contributed by atoms with Gasteiger partial charge in [-0.3, -0.25) is 4.79 Å². The Morgan fingerprint density at radius 3 is 2.48 bits per heavy atom. The Morgan fingerprint density at radius 1 is 1.14 bits per heavy atom. The molecule has 2 aromatic carbocycles. The molecule has 4 heteroatoms. The molecule has 21 heavy (non-hydrogen) atoms. The van der Waals surface area contributed by atoms with Crippen LogP contribution in [-0.4, -0.2) is 20.0 Å². The number of nitrogens with zero attached hydrogens (tertiary/aromatic N) is 1. The van der Waals surface area contributed by atoms with E-state index in [1.165, 1.54) is 5.56 Å². The summed E-state index contributed by atoms with van der Waals surface area (Å²) in [4.78, 5) is 14.4. The molecule has 3 nitrogen and oxygen atoms in total. The van der Waals surface area contributed by atoms with E-state index in [2.05, 4.69) is 11.4 Å². The summed E-state index contributed by atoms with van der Waals surface area (Å²) in [6.07, 6.45) is 0. The van der Waals surface area contributed by atoms with E-state index in [0.29, 0.717) is 10.6 Å². The highest BCUT2D eigenvalue weighted by atomic mass is 35.5. The van der Waals surface area contributed by atoms with E-state index in [4.69, 9.17) is 11.6 Å². The maximum Gasteiger partial charge on any atom is 0.260 e. The van der Waals surface area contributed by atoms with E-state index in [9.17, 15) is 4.79 Å². The van der Waals surface area contributed by atoms with Gasteiger partial charge in [-0.15, -0.1) is 0 Å². The highest BCUT2D eigenvalue weighted by Crippen LogP contribution is 2.26. The minimum Gasteiger partial charge on any atom is -0.387 e. The lowest BCUT2D eigenvalue weighted by Gasteiger charge is -2.21. The SMILES string of the molecule is CNc1ccc(Cl)cc1C(=O)N(C)c1ccc(C)cc1C. The molecule has 0 fully saturated rings. The number of amides is 1. The lowest BCUT2D eigenvalue weighted by Crippen LogP contribution is -2.27. The molecule has 0 aromatic heterocycles. The second-order valence-electron chi connectivity index (χ2n) is 5.09. The zero-order chi connectivity index (χ0) is 15.6. The standard InChI is InChI=1S/C17H19ClN2O/c1-11-5-8-16(12(2)9-11)20(4)17(21)14-10-13(18)6-7-15(14)19-3/h5-10,19H,1-4H3. The van der Waals surface area contributed by atoms with E-state index in [-0.39, 0.29) is 5.91 Å². The number of aryl methyl sites for hydroxylation is 2. The second-order valence-corrected chi connectivity index (χ2v) is 5.53. The molecule has 0 radical (unpaired) electrons. The summed E-state index contributed by atoms with van der Waals surface area (Å²) >= 11 is 6.02. The van der Waals surface area contributed by atoms with Crippen LogP contribution < -0.4 is 10.2 Å². The minimum atomic E-state index is -0.0891. The van der Waals surface area contributed by atoms with Crippen molar-refractivity contribution in [1.82, 2.24) is 0 Å². The fourth-order valence-corrected chi connectivity index (χ4v) is 2.56. The number of benzene rings is 2. The van der Waals surface area contributed by atoms with Crippen LogP contribution in [0, 0.1) is 13.8 Å². The molecule has 0 atom stereocenters. The van der Waals surface area contributed by atoms with Crippen molar-refractivity contribution < 1.29 is 4.79 Å². The molecule has 0 saturated heterocycles. The first-order chi connectivity index (χ1) is 9.93. The maximum atomic E-state index is 12.7. The molecule has 2 aromatic rings. The first kappa shape index (κ1) is 15.4. The van der Waals surface area contributed by atoms with Crippen LogP contribution in [0.3, 0.4) is 0 Å². The molecule has 1 amide bonds. The summed E-state index contributed by atoms with van der Waals surface area (Å²) in [5.41, 5.74) is 4.47. The zero-order valence-electron chi connectivity index (χ0n) is 12.7.